The number of anilines is 1. The van der Waals surface area contributed by atoms with Gasteiger partial charge in [0, 0.05) is 18.8 Å². The van der Waals surface area contributed by atoms with Crippen molar-refractivity contribution in [2.75, 3.05) is 18.0 Å². The lowest BCUT2D eigenvalue weighted by Gasteiger charge is -2.22. The third-order valence-electron chi connectivity index (χ3n) is 3.48. The van der Waals surface area contributed by atoms with Gasteiger partial charge in [0.15, 0.2) is 0 Å². The Hall–Kier alpha value is -0.980. The summed E-state index contributed by atoms with van der Waals surface area (Å²) in [5.41, 5.74) is 5.78. The molecule has 0 radical (unpaired) electrons. The topological polar surface area (TPSA) is 3.24 Å². The minimum atomic E-state index is 1.24. The molecule has 1 heterocycles. The number of hydrogen-bond acceptors (Lipinski definition) is 1. The van der Waals surface area contributed by atoms with Crippen molar-refractivity contribution in [1.29, 1.82) is 0 Å². The van der Waals surface area contributed by atoms with Crippen LogP contribution in [0.25, 0.3) is 0 Å². The van der Waals surface area contributed by atoms with Crippen LogP contribution in [0.4, 0.5) is 5.69 Å². The summed E-state index contributed by atoms with van der Waals surface area (Å²) in [6.07, 6.45) is 2.71. The van der Waals surface area contributed by atoms with Gasteiger partial charge < -0.3 is 4.90 Å². The average molecular weight is 189 g/mol. The zero-order valence-corrected chi connectivity index (χ0v) is 9.43. The minimum Gasteiger partial charge on any atom is -0.371 e. The number of benzene rings is 1. The van der Waals surface area contributed by atoms with E-state index in [2.05, 4.69) is 37.8 Å². The molecule has 76 valence electrons. The molecule has 0 atom stereocenters. The smallest absolute Gasteiger partial charge is 0.0398 e. The van der Waals surface area contributed by atoms with Gasteiger partial charge in [0.25, 0.3) is 0 Å². The van der Waals surface area contributed by atoms with Gasteiger partial charge in [0.05, 0.1) is 0 Å². The maximum Gasteiger partial charge on any atom is 0.0398 e. The first-order valence-corrected chi connectivity index (χ1v) is 5.52. The van der Waals surface area contributed by atoms with Gasteiger partial charge in [0.1, 0.15) is 0 Å². The fraction of sp³-hybridized carbons (Fsp3) is 0.538. The van der Waals surface area contributed by atoms with Gasteiger partial charge in [-0.2, -0.15) is 0 Å². The van der Waals surface area contributed by atoms with E-state index in [-0.39, 0.29) is 0 Å². The normalized spacial score (nSPS) is 16.4. The fourth-order valence-electron chi connectivity index (χ4n) is 2.24. The minimum absolute atomic E-state index is 1.24. The van der Waals surface area contributed by atoms with Gasteiger partial charge in [-0.25, -0.2) is 0 Å². The first kappa shape index (κ1) is 9.57. The van der Waals surface area contributed by atoms with E-state index in [1.54, 1.807) is 0 Å². The van der Waals surface area contributed by atoms with Crippen LogP contribution >= 0.6 is 0 Å². The second kappa shape index (κ2) is 3.64. The average Bonchev–Trinajstić information content (AvgIpc) is 2.67. The summed E-state index contributed by atoms with van der Waals surface area (Å²) in [5.74, 6) is 0. The Kier molecular flexibility index (Phi) is 2.49. The van der Waals surface area contributed by atoms with Gasteiger partial charge >= 0.3 is 0 Å². The first-order chi connectivity index (χ1) is 6.70. The number of hydrogen-bond donors (Lipinski definition) is 0. The maximum atomic E-state index is 2.52. The van der Waals surface area contributed by atoms with Crippen LogP contribution < -0.4 is 4.90 Å². The molecule has 1 fully saturated rings. The van der Waals surface area contributed by atoms with Gasteiger partial charge in [-0.3, -0.25) is 0 Å². The highest BCUT2D eigenvalue weighted by Crippen LogP contribution is 2.27. The monoisotopic (exact) mass is 189 g/mol. The maximum absolute atomic E-state index is 2.52. The van der Waals surface area contributed by atoms with Gasteiger partial charge in [-0.05, 0) is 56.4 Å². The summed E-state index contributed by atoms with van der Waals surface area (Å²) in [4.78, 5) is 2.52. The van der Waals surface area contributed by atoms with Crippen LogP contribution in [0.15, 0.2) is 12.1 Å². The van der Waals surface area contributed by atoms with Gasteiger partial charge in [-0.1, -0.05) is 6.07 Å². The highest BCUT2D eigenvalue weighted by molar-refractivity contribution is 5.58. The Morgan fingerprint density at radius 2 is 1.57 bits per heavy atom. The second-order valence-corrected chi connectivity index (χ2v) is 4.35. The van der Waals surface area contributed by atoms with E-state index in [1.807, 2.05) is 0 Å². The van der Waals surface area contributed by atoms with E-state index in [0.29, 0.717) is 0 Å². The third kappa shape index (κ3) is 1.52. The predicted molar refractivity (Wildman–Crippen MR) is 62.1 cm³/mol. The van der Waals surface area contributed by atoms with Crippen LogP contribution in [-0.4, -0.2) is 13.1 Å². The lowest BCUT2D eigenvalue weighted by atomic mass is 10.0. The Morgan fingerprint density at radius 1 is 0.929 bits per heavy atom. The standard InChI is InChI=1S/C13H19N/c1-10-6-7-13(12(3)11(10)2)14-8-4-5-9-14/h6-7H,4-5,8-9H2,1-3H3. The largest absolute Gasteiger partial charge is 0.371 e. The Labute approximate surface area is 86.7 Å². The van der Waals surface area contributed by atoms with E-state index >= 15 is 0 Å². The van der Waals surface area contributed by atoms with E-state index in [4.69, 9.17) is 0 Å². The zero-order valence-electron chi connectivity index (χ0n) is 9.43. The van der Waals surface area contributed by atoms with E-state index in [9.17, 15) is 0 Å². The molecule has 1 saturated heterocycles. The van der Waals surface area contributed by atoms with Crippen molar-refractivity contribution in [3.8, 4) is 0 Å². The molecule has 0 aliphatic carbocycles. The summed E-state index contributed by atoms with van der Waals surface area (Å²) in [5, 5.41) is 0. The van der Waals surface area contributed by atoms with Crippen molar-refractivity contribution >= 4 is 5.69 Å². The Bertz CT molecular complexity index is 335. The molecule has 1 aromatic rings. The summed E-state index contributed by atoms with van der Waals surface area (Å²) in [6.45, 7) is 9.14. The van der Waals surface area contributed by atoms with Crippen molar-refractivity contribution < 1.29 is 0 Å². The van der Waals surface area contributed by atoms with Crippen LogP contribution in [0.1, 0.15) is 29.5 Å². The number of nitrogens with zero attached hydrogens (tertiary/aromatic N) is 1. The summed E-state index contributed by atoms with van der Waals surface area (Å²) in [6, 6.07) is 4.53. The van der Waals surface area contributed by atoms with Crippen LogP contribution in [-0.2, 0) is 0 Å². The van der Waals surface area contributed by atoms with Crippen LogP contribution in [0.3, 0.4) is 0 Å². The molecule has 1 aliphatic heterocycles. The van der Waals surface area contributed by atoms with Crippen molar-refractivity contribution in [3.63, 3.8) is 0 Å². The predicted octanol–water partition coefficient (Wildman–Crippen LogP) is 3.21. The molecule has 0 bridgehead atoms. The SMILES string of the molecule is Cc1ccc(N2CCCC2)c(C)c1C. The Morgan fingerprint density at radius 3 is 2.21 bits per heavy atom. The highest BCUT2D eigenvalue weighted by atomic mass is 15.1. The van der Waals surface area contributed by atoms with E-state index in [0.717, 1.165) is 0 Å². The quantitative estimate of drug-likeness (QED) is 0.655. The van der Waals surface area contributed by atoms with Crippen LogP contribution in [0.5, 0.6) is 0 Å². The van der Waals surface area contributed by atoms with Crippen molar-refractivity contribution in [3.05, 3.63) is 28.8 Å². The molecule has 0 amide bonds. The molecular formula is C13H19N. The molecule has 0 aromatic heterocycles. The molecule has 0 N–H and O–H groups in total. The molecule has 1 heteroatoms. The van der Waals surface area contributed by atoms with Gasteiger partial charge in [0.2, 0.25) is 0 Å². The number of aryl methyl sites for hydroxylation is 1. The molecule has 14 heavy (non-hydrogen) atoms. The highest BCUT2D eigenvalue weighted by Gasteiger charge is 2.15. The molecule has 2 rings (SSSR count). The van der Waals surface area contributed by atoms with E-state index in [1.165, 1.54) is 48.3 Å². The van der Waals surface area contributed by atoms with Crippen LogP contribution in [0.2, 0.25) is 0 Å². The lowest BCUT2D eigenvalue weighted by Crippen LogP contribution is -2.19. The molecule has 1 nitrogen and oxygen atoms in total. The van der Waals surface area contributed by atoms with Crippen molar-refractivity contribution in [1.82, 2.24) is 0 Å². The van der Waals surface area contributed by atoms with Crippen molar-refractivity contribution in [2.45, 2.75) is 33.6 Å². The molecule has 0 spiro atoms. The summed E-state index contributed by atoms with van der Waals surface area (Å²) < 4.78 is 0. The molecule has 1 aromatic carbocycles. The molecule has 1 aliphatic rings. The van der Waals surface area contributed by atoms with Crippen LogP contribution in [0, 0.1) is 20.8 Å². The lowest BCUT2D eigenvalue weighted by molar-refractivity contribution is 0.949. The van der Waals surface area contributed by atoms with E-state index < -0.39 is 0 Å². The molecule has 0 saturated carbocycles. The molecule has 0 unspecified atom stereocenters. The second-order valence-electron chi connectivity index (χ2n) is 4.35. The third-order valence-corrected chi connectivity index (χ3v) is 3.48. The summed E-state index contributed by atoms with van der Waals surface area (Å²) >= 11 is 0. The van der Waals surface area contributed by atoms with Crippen molar-refractivity contribution in [2.24, 2.45) is 0 Å². The molecular weight excluding hydrogens is 170 g/mol. The number of rotatable bonds is 1. The van der Waals surface area contributed by atoms with Gasteiger partial charge in [-0.15, -0.1) is 0 Å². The Balaban J connectivity index is 2.38. The summed E-state index contributed by atoms with van der Waals surface area (Å²) in [7, 11) is 0. The zero-order chi connectivity index (χ0) is 10.1. The first-order valence-electron chi connectivity index (χ1n) is 5.52. The fourth-order valence-corrected chi connectivity index (χ4v) is 2.24.